The zero-order valence-corrected chi connectivity index (χ0v) is 38.0. The summed E-state index contributed by atoms with van der Waals surface area (Å²) in [5.41, 5.74) is 14.4. The zero-order valence-electron chi connectivity index (χ0n) is 38.0. The molecule has 6 heterocycles. The summed E-state index contributed by atoms with van der Waals surface area (Å²) < 4.78 is 1.62. The Kier molecular flexibility index (Phi) is 14.4. The van der Waals surface area contributed by atoms with E-state index < -0.39 is 0 Å². The summed E-state index contributed by atoms with van der Waals surface area (Å²) in [5.74, 6) is 1.12. The first-order chi connectivity index (χ1) is 28.4. The van der Waals surface area contributed by atoms with Crippen LogP contribution in [0.4, 0.5) is 17.3 Å². The Morgan fingerprint density at radius 3 is 1.74 bits per heavy atom. The third-order valence-electron chi connectivity index (χ3n) is 10.00. The molecule has 0 saturated carbocycles. The fourth-order valence-electron chi connectivity index (χ4n) is 6.75. The average molecular weight is 835 g/mol. The number of para-hydroxylation sites is 1. The van der Waals surface area contributed by atoms with Gasteiger partial charge in [-0.1, -0.05) is 69.6 Å². The number of nitrogen functional groups attached to an aromatic ring is 1. The summed E-state index contributed by atoms with van der Waals surface area (Å²) >= 11 is 0. The number of benzene rings is 2. The van der Waals surface area contributed by atoms with Gasteiger partial charge in [-0.15, -0.1) is 0 Å². The molecule has 2 aromatic carbocycles. The Labute approximate surface area is 369 Å². The number of pyridine rings is 2. The third-order valence-corrected chi connectivity index (χ3v) is 10.00. The summed E-state index contributed by atoms with van der Waals surface area (Å²) in [6, 6.07) is 23.6. The van der Waals surface area contributed by atoms with Gasteiger partial charge in [0, 0.05) is 68.3 Å². The summed E-state index contributed by atoms with van der Waals surface area (Å²) in [5, 5.41) is 0.565. The lowest BCUT2D eigenvalue weighted by atomic mass is 9.96. The topological polar surface area (TPSA) is 121 Å². The maximum atomic E-state index is 12.1. The normalized spacial score (nSPS) is 14.3. The Hall–Kier alpha value is -6.62. The van der Waals surface area contributed by atoms with Crippen molar-refractivity contribution in [2.45, 2.75) is 113 Å². The number of aliphatic imine (C=N–C) groups is 2. The molecule has 11 heteroatoms. The summed E-state index contributed by atoms with van der Waals surface area (Å²) in [4.78, 5) is 39.5. The quantitative estimate of drug-likeness (QED) is 0.164. The maximum Gasteiger partial charge on any atom is 0.263 e. The van der Waals surface area contributed by atoms with Crippen molar-refractivity contribution in [1.29, 1.82) is 0 Å². The first-order valence-electron chi connectivity index (χ1n) is 20.4. The van der Waals surface area contributed by atoms with Gasteiger partial charge in [-0.3, -0.25) is 9.36 Å². The van der Waals surface area contributed by atoms with Gasteiger partial charge in [-0.05, 0) is 125 Å². The average Bonchev–Trinajstić information content (AvgIpc) is 3.17. The molecule has 0 unspecified atom stereocenters. The van der Waals surface area contributed by atoms with E-state index in [4.69, 9.17) is 5.73 Å². The zero-order chi connectivity index (χ0) is 45.1. The Bertz CT molecular complexity index is 2500. The molecule has 0 bridgehead atoms. The van der Waals surface area contributed by atoms with Crippen LogP contribution < -0.4 is 11.3 Å². The van der Waals surface area contributed by atoms with E-state index in [9.17, 15) is 4.79 Å². The molecule has 3 aliphatic heterocycles. The first-order valence-corrected chi connectivity index (χ1v) is 20.4. The Balaban J connectivity index is 0.000000181. The highest BCUT2D eigenvalue weighted by atomic mass is 16.1. The molecular formula is C51H66N10O. The summed E-state index contributed by atoms with van der Waals surface area (Å²) in [6.45, 7) is 37.7. The fourth-order valence-corrected chi connectivity index (χ4v) is 6.75. The molecule has 0 radical (unpaired) electrons. The monoisotopic (exact) mass is 835 g/mol. The Morgan fingerprint density at radius 2 is 1.13 bits per heavy atom. The number of rotatable bonds is 0. The van der Waals surface area contributed by atoms with Crippen molar-refractivity contribution in [3.8, 4) is 0 Å². The second-order valence-electron chi connectivity index (χ2n) is 18.9. The number of aromatic nitrogens is 4. The number of hydrogen-bond donors (Lipinski definition) is 1. The lowest BCUT2D eigenvalue weighted by molar-refractivity contribution is 0.297. The van der Waals surface area contributed by atoms with Crippen molar-refractivity contribution in [1.82, 2.24) is 34.2 Å². The van der Waals surface area contributed by atoms with E-state index in [2.05, 4.69) is 159 Å². The van der Waals surface area contributed by atoms with E-state index in [1.165, 1.54) is 11.1 Å². The maximum absolute atomic E-state index is 12.1. The molecule has 2 N–H and O–H groups in total. The molecule has 0 aliphatic carbocycles. The fraction of sp³-hybridized carbons (Fsp3) is 0.333. The van der Waals surface area contributed by atoms with Gasteiger partial charge in [0.15, 0.2) is 11.5 Å². The summed E-state index contributed by atoms with van der Waals surface area (Å²) in [7, 11) is 0. The largest absolute Gasteiger partial charge is 0.384 e. The molecule has 0 spiro atoms. The molecule has 0 saturated heterocycles. The van der Waals surface area contributed by atoms with Gasteiger partial charge in [0.25, 0.3) is 5.56 Å². The molecule has 62 heavy (non-hydrogen) atoms. The van der Waals surface area contributed by atoms with Crippen LogP contribution in [0.1, 0.15) is 113 Å². The van der Waals surface area contributed by atoms with Crippen LogP contribution in [0.15, 0.2) is 126 Å². The van der Waals surface area contributed by atoms with Crippen LogP contribution >= 0.6 is 0 Å². The smallest absolute Gasteiger partial charge is 0.263 e. The predicted molar refractivity (Wildman–Crippen MR) is 264 cm³/mol. The first kappa shape index (κ1) is 48.1. The highest BCUT2D eigenvalue weighted by Gasteiger charge is 2.28. The number of hydrogen-bond acceptors (Lipinski definition) is 10. The molecule has 0 fully saturated rings. The number of fused-ring (bicyclic) bond motifs is 4. The molecule has 5 aromatic rings. The van der Waals surface area contributed by atoms with E-state index in [1.807, 2.05) is 56.3 Å². The lowest BCUT2D eigenvalue weighted by Crippen LogP contribution is -2.39. The third kappa shape index (κ3) is 11.0. The molecule has 11 nitrogen and oxygen atoms in total. The van der Waals surface area contributed by atoms with E-state index in [0.717, 1.165) is 33.9 Å². The van der Waals surface area contributed by atoms with Gasteiger partial charge < -0.3 is 20.4 Å². The van der Waals surface area contributed by atoms with Crippen LogP contribution in [0.3, 0.4) is 0 Å². The van der Waals surface area contributed by atoms with Crippen molar-refractivity contribution < 1.29 is 0 Å². The molecular weight excluding hydrogens is 769 g/mol. The van der Waals surface area contributed by atoms with Gasteiger partial charge in [-0.25, -0.2) is 24.9 Å². The predicted octanol–water partition coefficient (Wildman–Crippen LogP) is 11.8. The second kappa shape index (κ2) is 18.6. The minimum atomic E-state index is -0.256. The van der Waals surface area contributed by atoms with Gasteiger partial charge >= 0.3 is 0 Å². The molecule has 8 rings (SSSR count). The van der Waals surface area contributed by atoms with Crippen molar-refractivity contribution in [2.75, 3.05) is 5.73 Å². The van der Waals surface area contributed by atoms with Crippen LogP contribution in [0.25, 0.3) is 34.2 Å². The van der Waals surface area contributed by atoms with Crippen molar-refractivity contribution in [3.63, 3.8) is 0 Å². The molecule has 3 aliphatic rings. The number of nitrogens with zero attached hydrogens (tertiary/aromatic N) is 9. The van der Waals surface area contributed by atoms with Crippen molar-refractivity contribution in [2.24, 2.45) is 9.98 Å². The molecule has 3 aromatic heterocycles. The van der Waals surface area contributed by atoms with Gasteiger partial charge in [-0.2, -0.15) is 0 Å². The number of nitrogens with two attached hydrogens (primary N) is 1. The highest BCUT2D eigenvalue weighted by Crippen LogP contribution is 2.36. The van der Waals surface area contributed by atoms with E-state index in [0.29, 0.717) is 22.7 Å². The van der Waals surface area contributed by atoms with Crippen LogP contribution in [-0.4, -0.2) is 63.5 Å². The van der Waals surface area contributed by atoms with Crippen molar-refractivity contribution in [3.05, 3.63) is 144 Å². The minimum Gasteiger partial charge on any atom is -0.384 e. The van der Waals surface area contributed by atoms with E-state index >= 15 is 0 Å². The highest BCUT2D eigenvalue weighted by molar-refractivity contribution is 5.87. The van der Waals surface area contributed by atoms with Crippen LogP contribution in [0, 0.1) is 0 Å². The van der Waals surface area contributed by atoms with Gasteiger partial charge in [0.05, 0.1) is 23.8 Å². The summed E-state index contributed by atoms with van der Waals surface area (Å²) in [6.07, 6.45) is 11.1. The van der Waals surface area contributed by atoms with Gasteiger partial charge in [0.2, 0.25) is 0 Å². The van der Waals surface area contributed by atoms with E-state index in [-0.39, 0.29) is 35.1 Å². The van der Waals surface area contributed by atoms with E-state index in [1.54, 1.807) is 41.6 Å². The molecule has 0 amide bonds. The van der Waals surface area contributed by atoms with Crippen molar-refractivity contribution >= 4 is 64.2 Å². The standard InChI is InChI=1S/C14H17N.C13H16N2.C12H16N4.C11H13N3O.CH4/c1-11-13-8-6-5-7-12(13)9-10-15(11)14(2,3)4;1-10-11-7-5-6-8-12(11)14-9-15(10)13(2,3)4;1-8-9-5-6-10(13)15-11(9)14-7-16(8)12(2,3)4;1-11(2,3)14-7-13-9-8(10(14)15)5-4-6-12-9;/h5-10H,1H2,2-4H3;5-9H,1H2,2-4H3;5-7H,1H2,2-4H3,(H2,13,15);4-7H,1-3H3;1H4. The van der Waals surface area contributed by atoms with Crippen LogP contribution in [0.2, 0.25) is 0 Å². The van der Waals surface area contributed by atoms with Gasteiger partial charge in [0.1, 0.15) is 12.1 Å². The minimum absolute atomic E-state index is 0. The molecule has 326 valence electrons. The Morgan fingerprint density at radius 1 is 0.581 bits per heavy atom. The lowest BCUT2D eigenvalue weighted by Gasteiger charge is -2.38. The molecule has 0 atom stereocenters. The number of anilines is 1. The second-order valence-corrected chi connectivity index (χ2v) is 18.9. The van der Waals surface area contributed by atoms with Crippen LogP contribution in [0.5, 0.6) is 0 Å². The van der Waals surface area contributed by atoms with Crippen LogP contribution in [-0.2, 0) is 5.54 Å². The SMILES string of the molecule is C.C=C1c2ccc(N)nc2N=CN1C(C)(C)C.C=C1c2ccccc2C=CN1C(C)(C)C.C=C1c2ccccc2N=CN1C(C)(C)C.CC(C)(C)n1cnc2ncccc2c1=O.